The molecule has 1 heterocycles. The maximum absolute atomic E-state index is 11.1. The first-order chi connectivity index (χ1) is 7.32. The van der Waals surface area contributed by atoms with Crippen LogP contribution in [0.3, 0.4) is 0 Å². The van der Waals surface area contributed by atoms with Gasteiger partial charge in [0.15, 0.2) is 0 Å². The Morgan fingerprint density at radius 2 is 2.12 bits per heavy atom. The Balaban J connectivity index is 2.64. The lowest BCUT2D eigenvalue weighted by atomic mass is 9.97. The van der Waals surface area contributed by atoms with E-state index in [1.54, 1.807) is 0 Å². The molecule has 0 bridgehead atoms. The summed E-state index contributed by atoms with van der Waals surface area (Å²) in [5.41, 5.74) is 2.60. The Labute approximate surface area is 96.7 Å². The fourth-order valence-corrected chi connectivity index (χ4v) is 1.71. The number of carbonyl (C=O) groups is 1. The van der Waals surface area contributed by atoms with Gasteiger partial charge in [0.1, 0.15) is 0 Å². The summed E-state index contributed by atoms with van der Waals surface area (Å²) in [5.74, 6) is 0.429. The van der Waals surface area contributed by atoms with Gasteiger partial charge in [0, 0.05) is 6.61 Å². The third kappa shape index (κ3) is 3.35. The molecule has 0 aliphatic carbocycles. The zero-order chi connectivity index (χ0) is 12.3. The van der Waals surface area contributed by atoms with Crippen molar-refractivity contribution < 1.29 is 14.6 Å². The molecule has 0 aromatic carbocycles. The molecule has 0 spiro atoms. The highest BCUT2D eigenvalue weighted by molar-refractivity contribution is 5.65. The number of hydrogen-bond donors (Lipinski definition) is 2. The normalized spacial score (nSPS) is 26.5. The molecule has 0 aromatic rings. The van der Waals surface area contributed by atoms with E-state index in [2.05, 4.69) is 12.3 Å². The van der Waals surface area contributed by atoms with Gasteiger partial charge in [-0.1, -0.05) is 6.92 Å². The zero-order valence-corrected chi connectivity index (χ0v) is 10.5. The number of nitrogens with one attached hydrogen (secondary N) is 1. The molecule has 0 aromatic heterocycles. The largest absolute Gasteiger partial charge is 0.464 e. The molecule has 0 unspecified atom stereocenters. The van der Waals surface area contributed by atoms with Crippen LogP contribution in [-0.2, 0) is 4.74 Å². The van der Waals surface area contributed by atoms with E-state index in [0.717, 1.165) is 13.0 Å². The Morgan fingerprint density at radius 3 is 2.56 bits per heavy atom. The van der Waals surface area contributed by atoms with Gasteiger partial charge < -0.3 is 9.84 Å². The second-order valence-electron chi connectivity index (χ2n) is 5.37. The molecule has 0 radical (unpaired) electrons. The molecular formula is C11H22N2O3. The second kappa shape index (κ2) is 5.01. The zero-order valence-electron chi connectivity index (χ0n) is 10.5. The summed E-state index contributed by atoms with van der Waals surface area (Å²) in [7, 11) is 0. The van der Waals surface area contributed by atoms with E-state index in [9.17, 15) is 4.79 Å². The average Bonchev–Trinajstić information content (AvgIpc) is 2.14. The van der Waals surface area contributed by atoms with Crippen LogP contribution in [0.5, 0.6) is 0 Å². The van der Waals surface area contributed by atoms with Gasteiger partial charge in [0.05, 0.1) is 18.2 Å². The Kier molecular flexibility index (Phi) is 4.15. The first kappa shape index (κ1) is 13.3. The molecule has 1 amide bonds. The third-order valence-electron chi connectivity index (χ3n) is 2.86. The minimum atomic E-state index is -0.953. The first-order valence-corrected chi connectivity index (χ1v) is 5.69. The van der Waals surface area contributed by atoms with Gasteiger partial charge in [0.25, 0.3) is 0 Å². The number of hydrazine groups is 1. The van der Waals surface area contributed by atoms with Crippen LogP contribution in [0, 0.1) is 5.92 Å². The minimum Gasteiger partial charge on any atom is -0.464 e. The highest BCUT2D eigenvalue weighted by Gasteiger charge is 2.31. The molecule has 5 nitrogen and oxygen atoms in total. The fourth-order valence-electron chi connectivity index (χ4n) is 1.71. The van der Waals surface area contributed by atoms with Gasteiger partial charge in [-0.05, 0) is 33.1 Å². The summed E-state index contributed by atoms with van der Waals surface area (Å²) in [6.07, 6.45) is 0.0141. The van der Waals surface area contributed by atoms with Crippen molar-refractivity contribution in [3.05, 3.63) is 0 Å². The van der Waals surface area contributed by atoms with Crippen molar-refractivity contribution in [1.29, 1.82) is 0 Å². The second-order valence-corrected chi connectivity index (χ2v) is 5.37. The Morgan fingerprint density at radius 1 is 1.50 bits per heavy atom. The number of carboxylic acid groups (broad SMARTS) is 1. The van der Waals surface area contributed by atoms with Crippen molar-refractivity contribution in [3.63, 3.8) is 0 Å². The van der Waals surface area contributed by atoms with E-state index >= 15 is 0 Å². The molecule has 2 N–H and O–H groups in total. The number of ether oxygens (including phenoxy) is 1. The van der Waals surface area contributed by atoms with Gasteiger partial charge in [-0.3, -0.25) is 0 Å². The molecule has 5 heteroatoms. The van der Waals surface area contributed by atoms with Crippen LogP contribution >= 0.6 is 0 Å². The van der Waals surface area contributed by atoms with Crippen molar-refractivity contribution in [3.8, 4) is 0 Å². The summed E-state index contributed by atoms with van der Waals surface area (Å²) in [4.78, 5) is 11.1. The fraction of sp³-hybridized carbons (Fsp3) is 0.909. The third-order valence-corrected chi connectivity index (χ3v) is 2.86. The molecule has 94 valence electrons. The van der Waals surface area contributed by atoms with E-state index in [1.807, 2.05) is 20.8 Å². The molecule has 2 atom stereocenters. The Bertz CT molecular complexity index is 250. The van der Waals surface area contributed by atoms with Crippen molar-refractivity contribution in [2.24, 2.45) is 5.92 Å². The van der Waals surface area contributed by atoms with Gasteiger partial charge in [0.2, 0.25) is 0 Å². The van der Waals surface area contributed by atoms with Crippen LogP contribution in [-0.4, -0.2) is 41.0 Å². The van der Waals surface area contributed by atoms with Gasteiger partial charge in [-0.15, -0.1) is 0 Å². The van der Waals surface area contributed by atoms with E-state index in [1.165, 1.54) is 5.01 Å². The number of amides is 1. The van der Waals surface area contributed by atoms with Gasteiger partial charge >= 0.3 is 6.09 Å². The van der Waals surface area contributed by atoms with Gasteiger partial charge in [-0.2, -0.15) is 0 Å². The van der Waals surface area contributed by atoms with E-state index in [0.29, 0.717) is 12.5 Å². The van der Waals surface area contributed by atoms with Crippen LogP contribution in [0.1, 0.15) is 34.1 Å². The van der Waals surface area contributed by atoms with Crippen molar-refractivity contribution >= 4 is 6.09 Å². The van der Waals surface area contributed by atoms with Gasteiger partial charge in [-0.25, -0.2) is 15.2 Å². The predicted octanol–water partition coefficient (Wildman–Crippen LogP) is 1.69. The number of nitrogens with zero attached hydrogens (tertiary/aromatic N) is 1. The molecule has 16 heavy (non-hydrogen) atoms. The van der Waals surface area contributed by atoms with Crippen LogP contribution in [0.15, 0.2) is 0 Å². The molecular weight excluding hydrogens is 208 g/mol. The summed E-state index contributed by atoms with van der Waals surface area (Å²) in [5, 5.41) is 10.4. The van der Waals surface area contributed by atoms with Crippen LogP contribution < -0.4 is 5.43 Å². The van der Waals surface area contributed by atoms with Crippen molar-refractivity contribution in [2.45, 2.75) is 45.7 Å². The van der Waals surface area contributed by atoms with Crippen LogP contribution in [0.4, 0.5) is 4.79 Å². The van der Waals surface area contributed by atoms with E-state index in [4.69, 9.17) is 9.84 Å². The molecule has 1 saturated heterocycles. The van der Waals surface area contributed by atoms with E-state index in [-0.39, 0.29) is 6.04 Å². The molecule has 1 aliphatic heterocycles. The minimum absolute atomic E-state index is 0.0732. The van der Waals surface area contributed by atoms with Crippen molar-refractivity contribution in [2.75, 3.05) is 13.2 Å². The molecule has 1 rings (SSSR count). The Hall–Kier alpha value is -0.810. The highest BCUT2D eigenvalue weighted by atomic mass is 16.5. The molecule has 0 saturated carbocycles. The van der Waals surface area contributed by atoms with Crippen LogP contribution in [0.25, 0.3) is 0 Å². The summed E-state index contributed by atoms with van der Waals surface area (Å²) in [6, 6.07) is 0.0732. The maximum atomic E-state index is 11.1. The summed E-state index contributed by atoms with van der Waals surface area (Å²) >= 11 is 0. The standard InChI is InChI=1S/C11H22N2O3/c1-8-5-6-16-7-9(8)12-13(10(14)15)11(2,3)4/h8-9,12H,5-7H2,1-4H3,(H,14,15)/t8-,9+/m1/s1. The SMILES string of the molecule is C[C@@H]1CCOC[C@@H]1NN(C(=O)O)C(C)(C)C. The predicted molar refractivity (Wildman–Crippen MR) is 61.1 cm³/mol. The molecule has 1 fully saturated rings. The molecule has 1 aliphatic rings. The first-order valence-electron chi connectivity index (χ1n) is 5.69. The smallest absolute Gasteiger partial charge is 0.422 e. The lowest BCUT2D eigenvalue weighted by molar-refractivity contribution is -0.0133. The summed E-state index contributed by atoms with van der Waals surface area (Å²) < 4.78 is 5.36. The lowest BCUT2D eigenvalue weighted by Gasteiger charge is -2.39. The average molecular weight is 230 g/mol. The monoisotopic (exact) mass is 230 g/mol. The lowest BCUT2D eigenvalue weighted by Crippen LogP contribution is -2.59. The number of hydrogen-bond acceptors (Lipinski definition) is 3. The van der Waals surface area contributed by atoms with Crippen molar-refractivity contribution in [1.82, 2.24) is 10.4 Å². The maximum Gasteiger partial charge on any atom is 0.422 e. The topological polar surface area (TPSA) is 61.8 Å². The van der Waals surface area contributed by atoms with Crippen LogP contribution in [0.2, 0.25) is 0 Å². The summed E-state index contributed by atoms with van der Waals surface area (Å²) in [6.45, 7) is 9.04. The van der Waals surface area contributed by atoms with E-state index < -0.39 is 11.6 Å². The highest BCUT2D eigenvalue weighted by Crippen LogP contribution is 2.18. The number of rotatable bonds is 2. The quantitative estimate of drug-likeness (QED) is 0.709.